The number of amides is 1. The van der Waals surface area contributed by atoms with Crippen molar-refractivity contribution < 1.29 is 24.0 Å². The molecule has 148 valence electrons. The average molecular weight is 386 g/mol. The number of nitro groups is 1. The molecule has 0 aliphatic carbocycles. The minimum absolute atomic E-state index is 0.120. The van der Waals surface area contributed by atoms with Crippen LogP contribution in [0.1, 0.15) is 35.9 Å². The topological polar surface area (TPSA) is 99.0 Å². The molecule has 0 fully saturated rings. The Bertz CT molecular complexity index is 849. The van der Waals surface area contributed by atoms with Crippen molar-refractivity contribution >= 4 is 17.6 Å². The van der Waals surface area contributed by atoms with Gasteiger partial charge in [0.25, 0.3) is 11.6 Å². The van der Waals surface area contributed by atoms with E-state index in [4.69, 9.17) is 9.47 Å². The van der Waals surface area contributed by atoms with Gasteiger partial charge in [0.05, 0.1) is 12.0 Å². The van der Waals surface area contributed by atoms with E-state index in [2.05, 4.69) is 0 Å². The Hall–Kier alpha value is -3.42. The van der Waals surface area contributed by atoms with Gasteiger partial charge in [0.2, 0.25) is 6.10 Å². The minimum Gasteiger partial charge on any atom is -0.496 e. The standard InChI is InChI=1S/C20H22N2O6/c1-4-21(5-2)19(23)18(14-9-7-6-8-10-14)28-20(24)16-13-15(22(25)26)11-12-17(16)27-3/h6-13,18H,4-5H2,1-3H3/t18-/m0/s1. The van der Waals surface area contributed by atoms with Gasteiger partial charge in [-0.05, 0) is 19.9 Å². The number of likely N-dealkylation sites (N-methyl/N-ethyl adjacent to an activating group) is 1. The summed E-state index contributed by atoms with van der Waals surface area (Å²) in [7, 11) is 1.34. The summed E-state index contributed by atoms with van der Waals surface area (Å²) in [5.74, 6) is -1.12. The van der Waals surface area contributed by atoms with Gasteiger partial charge in [0.15, 0.2) is 0 Å². The number of methoxy groups -OCH3 is 1. The van der Waals surface area contributed by atoms with E-state index in [-0.39, 0.29) is 22.9 Å². The summed E-state index contributed by atoms with van der Waals surface area (Å²) in [6.45, 7) is 4.57. The van der Waals surface area contributed by atoms with Crippen LogP contribution in [0.15, 0.2) is 48.5 Å². The number of nitrogens with zero attached hydrogens (tertiary/aromatic N) is 2. The molecule has 0 bridgehead atoms. The van der Waals surface area contributed by atoms with Crippen molar-refractivity contribution in [1.82, 2.24) is 4.90 Å². The highest BCUT2D eigenvalue weighted by Gasteiger charge is 2.30. The minimum atomic E-state index is -1.17. The lowest BCUT2D eigenvalue weighted by Crippen LogP contribution is -2.36. The van der Waals surface area contributed by atoms with Crippen molar-refractivity contribution in [3.63, 3.8) is 0 Å². The first-order chi connectivity index (χ1) is 13.4. The number of hydrogen-bond donors (Lipinski definition) is 0. The van der Waals surface area contributed by atoms with Crippen LogP contribution in [-0.2, 0) is 9.53 Å². The van der Waals surface area contributed by atoms with E-state index in [9.17, 15) is 19.7 Å². The van der Waals surface area contributed by atoms with Crippen LogP contribution in [-0.4, -0.2) is 41.9 Å². The highest BCUT2D eigenvalue weighted by molar-refractivity contribution is 5.95. The highest BCUT2D eigenvalue weighted by atomic mass is 16.6. The first kappa shape index (κ1) is 20.9. The fourth-order valence-electron chi connectivity index (χ4n) is 2.73. The Balaban J connectivity index is 2.41. The van der Waals surface area contributed by atoms with Gasteiger partial charge in [-0.2, -0.15) is 0 Å². The van der Waals surface area contributed by atoms with Gasteiger partial charge < -0.3 is 14.4 Å². The maximum atomic E-state index is 12.9. The first-order valence-electron chi connectivity index (χ1n) is 8.80. The van der Waals surface area contributed by atoms with Crippen LogP contribution in [0.5, 0.6) is 5.75 Å². The van der Waals surface area contributed by atoms with E-state index in [1.54, 1.807) is 35.2 Å². The van der Waals surface area contributed by atoms with Gasteiger partial charge in [0, 0.05) is 30.8 Å². The molecule has 1 atom stereocenters. The van der Waals surface area contributed by atoms with E-state index in [1.807, 2.05) is 13.8 Å². The molecule has 1 amide bonds. The molecule has 2 aromatic rings. The van der Waals surface area contributed by atoms with Gasteiger partial charge in [-0.1, -0.05) is 30.3 Å². The van der Waals surface area contributed by atoms with Crippen LogP contribution in [0.4, 0.5) is 5.69 Å². The summed E-state index contributed by atoms with van der Waals surface area (Å²) in [5.41, 5.74) is 0.112. The molecule has 8 heteroatoms. The smallest absolute Gasteiger partial charge is 0.343 e. The van der Waals surface area contributed by atoms with Crippen molar-refractivity contribution in [2.24, 2.45) is 0 Å². The van der Waals surface area contributed by atoms with Gasteiger partial charge in [0.1, 0.15) is 11.3 Å². The van der Waals surface area contributed by atoms with Gasteiger partial charge >= 0.3 is 5.97 Å². The molecule has 0 heterocycles. The van der Waals surface area contributed by atoms with Gasteiger partial charge in [-0.25, -0.2) is 4.79 Å². The van der Waals surface area contributed by atoms with Crippen LogP contribution in [0.3, 0.4) is 0 Å². The predicted octanol–water partition coefficient (Wildman–Crippen LogP) is 3.37. The fourth-order valence-corrected chi connectivity index (χ4v) is 2.73. The second-order valence-corrected chi connectivity index (χ2v) is 5.85. The summed E-state index contributed by atoms with van der Waals surface area (Å²) in [5, 5.41) is 11.0. The summed E-state index contributed by atoms with van der Waals surface area (Å²) >= 11 is 0. The molecule has 2 aromatic carbocycles. The van der Waals surface area contributed by atoms with E-state index >= 15 is 0 Å². The summed E-state index contributed by atoms with van der Waals surface area (Å²) in [6.07, 6.45) is -1.17. The number of carbonyl (C=O) groups is 2. The lowest BCUT2D eigenvalue weighted by Gasteiger charge is -2.25. The van der Waals surface area contributed by atoms with E-state index in [1.165, 1.54) is 19.2 Å². The van der Waals surface area contributed by atoms with Crippen LogP contribution >= 0.6 is 0 Å². The first-order valence-corrected chi connectivity index (χ1v) is 8.80. The van der Waals surface area contributed by atoms with E-state index in [0.717, 1.165) is 6.07 Å². The van der Waals surface area contributed by atoms with Crippen LogP contribution in [0.2, 0.25) is 0 Å². The Labute approximate surface area is 162 Å². The second-order valence-electron chi connectivity index (χ2n) is 5.85. The molecule has 0 N–H and O–H groups in total. The van der Waals surface area contributed by atoms with Gasteiger partial charge in [-0.3, -0.25) is 14.9 Å². The Kier molecular flexibility index (Phi) is 7.08. The summed E-state index contributed by atoms with van der Waals surface area (Å²) in [4.78, 5) is 37.7. The molecule has 0 saturated carbocycles. The maximum Gasteiger partial charge on any atom is 0.343 e. The molecule has 0 aromatic heterocycles. The number of benzene rings is 2. The average Bonchev–Trinajstić information content (AvgIpc) is 2.72. The van der Waals surface area contributed by atoms with Crippen molar-refractivity contribution in [3.8, 4) is 5.75 Å². The third-order valence-electron chi connectivity index (χ3n) is 4.24. The lowest BCUT2D eigenvalue weighted by molar-refractivity contribution is -0.384. The predicted molar refractivity (Wildman–Crippen MR) is 102 cm³/mol. The number of non-ortho nitro benzene ring substituents is 1. The lowest BCUT2D eigenvalue weighted by atomic mass is 10.1. The zero-order chi connectivity index (χ0) is 20.7. The SMILES string of the molecule is CCN(CC)C(=O)[C@@H](OC(=O)c1cc([N+](=O)[O-])ccc1OC)c1ccccc1. The van der Waals surface area contributed by atoms with Crippen molar-refractivity contribution in [2.45, 2.75) is 20.0 Å². The molecule has 0 radical (unpaired) electrons. The van der Waals surface area contributed by atoms with Crippen molar-refractivity contribution in [2.75, 3.05) is 20.2 Å². The van der Waals surface area contributed by atoms with Crippen LogP contribution < -0.4 is 4.74 Å². The molecule has 0 spiro atoms. The normalized spacial score (nSPS) is 11.4. The Morgan fingerprint density at radius 2 is 1.75 bits per heavy atom. The number of rotatable bonds is 8. The number of carbonyl (C=O) groups excluding carboxylic acids is 2. The molecule has 28 heavy (non-hydrogen) atoms. The number of nitro benzene ring substituents is 1. The number of hydrogen-bond acceptors (Lipinski definition) is 6. The molecule has 0 saturated heterocycles. The molecule has 0 aliphatic heterocycles. The number of esters is 1. The Morgan fingerprint density at radius 1 is 1.11 bits per heavy atom. The third kappa shape index (κ3) is 4.64. The molecular weight excluding hydrogens is 364 g/mol. The summed E-state index contributed by atoms with van der Waals surface area (Å²) in [6, 6.07) is 12.2. The second kappa shape index (κ2) is 9.50. The van der Waals surface area contributed by atoms with E-state index < -0.39 is 17.0 Å². The van der Waals surface area contributed by atoms with Crippen LogP contribution in [0.25, 0.3) is 0 Å². The number of ether oxygens (including phenoxy) is 2. The molecule has 2 rings (SSSR count). The maximum absolute atomic E-state index is 12.9. The zero-order valence-corrected chi connectivity index (χ0v) is 16.0. The van der Waals surface area contributed by atoms with Crippen molar-refractivity contribution in [1.29, 1.82) is 0 Å². The van der Waals surface area contributed by atoms with E-state index in [0.29, 0.717) is 18.7 Å². The molecule has 8 nitrogen and oxygen atoms in total. The monoisotopic (exact) mass is 386 g/mol. The van der Waals surface area contributed by atoms with Crippen LogP contribution in [0, 0.1) is 10.1 Å². The molecule has 0 unspecified atom stereocenters. The van der Waals surface area contributed by atoms with Crippen molar-refractivity contribution in [3.05, 3.63) is 69.8 Å². The largest absolute Gasteiger partial charge is 0.496 e. The zero-order valence-electron chi connectivity index (χ0n) is 16.0. The summed E-state index contributed by atoms with van der Waals surface area (Å²) < 4.78 is 10.6. The quantitative estimate of drug-likeness (QED) is 0.392. The molecule has 0 aliphatic rings. The highest BCUT2D eigenvalue weighted by Crippen LogP contribution is 2.28. The molecular formula is C20H22N2O6. The fraction of sp³-hybridized carbons (Fsp3) is 0.300. The Morgan fingerprint density at radius 3 is 2.29 bits per heavy atom. The third-order valence-corrected chi connectivity index (χ3v) is 4.24. The van der Waals surface area contributed by atoms with Gasteiger partial charge in [-0.15, -0.1) is 0 Å².